The van der Waals surface area contributed by atoms with E-state index in [0.29, 0.717) is 35.2 Å². The van der Waals surface area contributed by atoms with Crippen LogP contribution in [-0.4, -0.2) is 37.1 Å². The van der Waals surface area contributed by atoms with E-state index in [-0.39, 0.29) is 11.6 Å². The number of amides is 3. The van der Waals surface area contributed by atoms with E-state index in [4.69, 9.17) is 21.1 Å². The number of likely N-dealkylation sites (N-methyl/N-ethyl adjacent to an activating group) is 1. The molecule has 1 heterocycles. The first-order valence-corrected chi connectivity index (χ1v) is 7.24. The first-order chi connectivity index (χ1) is 10.5. The van der Waals surface area contributed by atoms with Crippen LogP contribution in [0.1, 0.15) is 19.4 Å². The summed E-state index contributed by atoms with van der Waals surface area (Å²) in [4.78, 5) is 24.8. The van der Waals surface area contributed by atoms with Crippen LogP contribution in [-0.2, 0) is 4.79 Å². The minimum absolute atomic E-state index is 0.203. The van der Waals surface area contributed by atoms with Crippen LogP contribution in [0.15, 0.2) is 17.8 Å². The molecule has 0 saturated carbocycles. The normalized spacial score (nSPS) is 16.2. The van der Waals surface area contributed by atoms with Crippen molar-refractivity contribution in [1.82, 2.24) is 10.2 Å². The Balaban J connectivity index is 2.38. The molecule has 1 N–H and O–H groups in total. The Labute approximate surface area is 133 Å². The van der Waals surface area contributed by atoms with E-state index in [1.165, 1.54) is 7.11 Å². The third-order valence-corrected chi connectivity index (χ3v) is 3.41. The third kappa shape index (κ3) is 3.01. The van der Waals surface area contributed by atoms with Gasteiger partial charge >= 0.3 is 6.03 Å². The van der Waals surface area contributed by atoms with Crippen molar-refractivity contribution in [2.75, 3.05) is 20.3 Å². The maximum atomic E-state index is 12.0. The SMILES string of the molecule is CCOc1c(Cl)cc(/C=C2/NC(=O)N(CC)C2=O)cc1OC. The number of nitrogens with zero attached hydrogens (tertiary/aromatic N) is 1. The molecule has 1 saturated heterocycles. The van der Waals surface area contributed by atoms with Gasteiger partial charge in [-0.3, -0.25) is 9.69 Å². The van der Waals surface area contributed by atoms with Gasteiger partial charge in [-0.2, -0.15) is 0 Å². The van der Waals surface area contributed by atoms with Gasteiger partial charge in [0.1, 0.15) is 5.70 Å². The number of imide groups is 1. The van der Waals surface area contributed by atoms with Crippen molar-refractivity contribution in [1.29, 1.82) is 0 Å². The second-order valence-electron chi connectivity index (χ2n) is 4.50. The molecule has 1 fully saturated rings. The molecule has 1 aliphatic heterocycles. The molecule has 0 atom stereocenters. The van der Waals surface area contributed by atoms with E-state index in [9.17, 15) is 9.59 Å². The number of benzene rings is 1. The smallest absolute Gasteiger partial charge is 0.328 e. The van der Waals surface area contributed by atoms with Gasteiger partial charge in [-0.15, -0.1) is 0 Å². The zero-order valence-corrected chi connectivity index (χ0v) is 13.4. The minimum Gasteiger partial charge on any atom is -0.493 e. The van der Waals surface area contributed by atoms with Gasteiger partial charge in [0, 0.05) is 6.54 Å². The average Bonchev–Trinajstić information content (AvgIpc) is 2.75. The maximum absolute atomic E-state index is 12.0. The van der Waals surface area contributed by atoms with Crippen molar-refractivity contribution < 1.29 is 19.1 Å². The predicted octanol–water partition coefficient (Wildman–Crippen LogP) is 2.66. The summed E-state index contributed by atoms with van der Waals surface area (Å²) in [5.74, 6) is 0.549. The highest BCUT2D eigenvalue weighted by atomic mass is 35.5. The second kappa shape index (κ2) is 6.70. The number of urea groups is 1. The Morgan fingerprint density at radius 1 is 1.32 bits per heavy atom. The summed E-state index contributed by atoms with van der Waals surface area (Å²) >= 11 is 6.18. The summed E-state index contributed by atoms with van der Waals surface area (Å²) in [6, 6.07) is 2.91. The van der Waals surface area contributed by atoms with Gasteiger partial charge in [0.25, 0.3) is 5.91 Å². The molecule has 1 aromatic carbocycles. The molecule has 2 rings (SSSR count). The van der Waals surface area contributed by atoms with Crippen molar-refractivity contribution in [3.05, 3.63) is 28.4 Å². The fourth-order valence-electron chi connectivity index (χ4n) is 2.13. The highest BCUT2D eigenvalue weighted by molar-refractivity contribution is 6.32. The van der Waals surface area contributed by atoms with Gasteiger partial charge in [-0.25, -0.2) is 4.79 Å². The molecule has 0 bridgehead atoms. The van der Waals surface area contributed by atoms with Crippen LogP contribution in [0.2, 0.25) is 5.02 Å². The number of halogens is 1. The molecule has 0 unspecified atom stereocenters. The first-order valence-electron chi connectivity index (χ1n) is 6.86. The van der Waals surface area contributed by atoms with Crippen molar-refractivity contribution in [3.63, 3.8) is 0 Å². The van der Waals surface area contributed by atoms with Crippen LogP contribution in [0, 0.1) is 0 Å². The monoisotopic (exact) mass is 324 g/mol. The van der Waals surface area contributed by atoms with Gasteiger partial charge in [-0.05, 0) is 37.6 Å². The van der Waals surface area contributed by atoms with Crippen LogP contribution in [0.3, 0.4) is 0 Å². The second-order valence-corrected chi connectivity index (χ2v) is 4.91. The summed E-state index contributed by atoms with van der Waals surface area (Å²) in [5.41, 5.74) is 0.834. The quantitative estimate of drug-likeness (QED) is 0.668. The molecule has 0 aliphatic carbocycles. The average molecular weight is 325 g/mol. The van der Waals surface area contributed by atoms with E-state index in [1.54, 1.807) is 25.1 Å². The van der Waals surface area contributed by atoms with Gasteiger partial charge in [0.15, 0.2) is 11.5 Å². The van der Waals surface area contributed by atoms with Gasteiger partial charge in [0.2, 0.25) is 0 Å². The summed E-state index contributed by atoms with van der Waals surface area (Å²) < 4.78 is 10.7. The van der Waals surface area contributed by atoms with E-state index >= 15 is 0 Å². The largest absolute Gasteiger partial charge is 0.493 e. The number of hydrogen-bond acceptors (Lipinski definition) is 4. The fourth-order valence-corrected chi connectivity index (χ4v) is 2.41. The number of carbonyl (C=O) groups is 2. The Morgan fingerprint density at radius 2 is 2.05 bits per heavy atom. The Bertz CT molecular complexity index is 643. The number of carbonyl (C=O) groups excluding carboxylic acids is 2. The molecule has 1 aliphatic rings. The van der Waals surface area contributed by atoms with Crippen molar-refractivity contribution >= 4 is 29.6 Å². The molecule has 22 heavy (non-hydrogen) atoms. The van der Waals surface area contributed by atoms with Gasteiger partial charge in [0.05, 0.1) is 18.7 Å². The molecule has 0 aromatic heterocycles. The molecule has 0 spiro atoms. The zero-order valence-electron chi connectivity index (χ0n) is 12.6. The lowest BCUT2D eigenvalue weighted by molar-refractivity contribution is -0.122. The lowest BCUT2D eigenvalue weighted by Gasteiger charge is -2.12. The van der Waals surface area contributed by atoms with Crippen LogP contribution in [0.25, 0.3) is 6.08 Å². The maximum Gasteiger partial charge on any atom is 0.328 e. The number of hydrogen-bond donors (Lipinski definition) is 1. The number of ether oxygens (including phenoxy) is 2. The molecule has 0 radical (unpaired) electrons. The van der Waals surface area contributed by atoms with E-state index < -0.39 is 6.03 Å². The van der Waals surface area contributed by atoms with Gasteiger partial charge in [-0.1, -0.05) is 11.6 Å². The molecule has 7 heteroatoms. The zero-order chi connectivity index (χ0) is 16.3. The topological polar surface area (TPSA) is 67.9 Å². The van der Waals surface area contributed by atoms with E-state index in [2.05, 4.69) is 5.32 Å². The van der Waals surface area contributed by atoms with Crippen LogP contribution in [0.4, 0.5) is 4.79 Å². The molecular weight excluding hydrogens is 308 g/mol. The Hall–Kier alpha value is -2.21. The van der Waals surface area contributed by atoms with E-state index in [0.717, 1.165) is 4.90 Å². The Kier molecular flexibility index (Phi) is 4.92. The number of nitrogens with one attached hydrogen (secondary N) is 1. The molecule has 1 aromatic rings. The van der Waals surface area contributed by atoms with Crippen LogP contribution in [0.5, 0.6) is 11.5 Å². The summed E-state index contributed by atoms with van der Waals surface area (Å²) in [5, 5.41) is 2.91. The van der Waals surface area contributed by atoms with Crippen LogP contribution < -0.4 is 14.8 Å². The first kappa shape index (κ1) is 16.2. The van der Waals surface area contributed by atoms with Crippen molar-refractivity contribution in [3.8, 4) is 11.5 Å². The molecule has 3 amide bonds. The van der Waals surface area contributed by atoms with Gasteiger partial charge < -0.3 is 14.8 Å². The summed E-state index contributed by atoms with van der Waals surface area (Å²) in [7, 11) is 1.51. The fraction of sp³-hybridized carbons (Fsp3) is 0.333. The van der Waals surface area contributed by atoms with E-state index in [1.807, 2.05) is 6.92 Å². The number of methoxy groups -OCH3 is 1. The van der Waals surface area contributed by atoms with Crippen LogP contribution >= 0.6 is 11.6 Å². The lowest BCUT2D eigenvalue weighted by Crippen LogP contribution is -2.30. The molecule has 118 valence electrons. The molecular formula is C15H17ClN2O4. The highest BCUT2D eigenvalue weighted by Crippen LogP contribution is 2.37. The number of rotatable bonds is 5. The minimum atomic E-state index is -0.428. The standard InChI is InChI=1S/C15H17ClN2O4/c1-4-18-14(19)11(17-15(18)20)7-9-6-10(16)13(22-5-2)12(8-9)21-3/h6-8H,4-5H2,1-3H3,(H,17,20)/b11-7+. The summed E-state index contributed by atoms with van der Waals surface area (Å²) in [6.07, 6.45) is 1.56. The predicted molar refractivity (Wildman–Crippen MR) is 83.1 cm³/mol. The summed E-state index contributed by atoms with van der Waals surface area (Å²) in [6.45, 7) is 4.35. The molecule has 6 nitrogen and oxygen atoms in total. The Morgan fingerprint density at radius 3 is 2.59 bits per heavy atom. The van der Waals surface area contributed by atoms with Crippen molar-refractivity contribution in [2.45, 2.75) is 13.8 Å². The highest BCUT2D eigenvalue weighted by Gasteiger charge is 2.32. The lowest BCUT2D eigenvalue weighted by atomic mass is 10.1. The third-order valence-electron chi connectivity index (χ3n) is 3.13. The van der Waals surface area contributed by atoms with Crippen molar-refractivity contribution in [2.24, 2.45) is 0 Å².